The van der Waals surface area contributed by atoms with Gasteiger partial charge < -0.3 is 19.6 Å². The molecule has 0 aliphatic carbocycles. The molecule has 0 aliphatic heterocycles. The van der Waals surface area contributed by atoms with Crippen LogP contribution in [0.2, 0.25) is 0 Å². The van der Waals surface area contributed by atoms with Gasteiger partial charge in [0, 0.05) is 6.07 Å². The van der Waals surface area contributed by atoms with E-state index in [4.69, 9.17) is 19.6 Å². The quantitative estimate of drug-likeness (QED) is 0.882. The number of ether oxygens (including phenoxy) is 2. The predicted octanol–water partition coefficient (Wildman–Crippen LogP) is 2.63. The minimum atomic E-state index is 0.383. The second-order valence-corrected chi connectivity index (χ2v) is 3.99. The Balaban J connectivity index is 2.01. The van der Waals surface area contributed by atoms with Gasteiger partial charge in [0.05, 0.1) is 13.7 Å². The summed E-state index contributed by atoms with van der Waals surface area (Å²) in [5.74, 6) is 3.10. The van der Waals surface area contributed by atoms with Crippen molar-refractivity contribution in [2.24, 2.45) is 5.73 Å². The van der Waals surface area contributed by atoms with E-state index < -0.39 is 0 Å². The second kappa shape index (κ2) is 5.60. The molecule has 2 aromatic rings. The molecular formula is C14H17NO3. The van der Waals surface area contributed by atoms with E-state index in [2.05, 4.69) is 0 Å². The van der Waals surface area contributed by atoms with Gasteiger partial charge in [0.25, 0.3) is 0 Å². The van der Waals surface area contributed by atoms with E-state index >= 15 is 0 Å². The van der Waals surface area contributed by atoms with Gasteiger partial charge in [-0.3, -0.25) is 0 Å². The van der Waals surface area contributed by atoms with E-state index in [0.29, 0.717) is 13.2 Å². The molecule has 0 aliphatic rings. The molecule has 0 spiro atoms. The van der Waals surface area contributed by atoms with Crippen LogP contribution in [0.25, 0.3) is 0 Å². The Bertz CT molecular complexity index is 520. The topological polar surface area (TPSA) is 57.6 Å². The molecule has 0 radical (unpaired) electrons. The largest absolute Gasteiger partial charge is 0.497 e. The Kier molecular flexibility index (Phi) is 3.89. The zero-order valence-electron chi connectivity index (χ0n) is 10.6. The van der Waals surface area contributed by atoms with Crippen LogP contribution in [-0.2, 0) is 13.2 Å². The third kappa shape index (κ3) is 2.84. The van der Waals surface area contributed by atoms with E-state index in [9.17, 15) is 0 Å². The van der Waals surface area contributed by atoms with Gasteiger partial charge >= 0.3 is 0 Å². The maximum Gasteiger partial charge on any atom is 0.146 e. The number of nitrogens with two attached hydrogens (primary N) is 1. The third-order valence-corrected chi connectivity index (χ3v) is 2.68. The Morgan fingerprint density at radius 2 is 2.00 bits per heavy atom. The Hall–Kier alpha value is -1.94. The predicted molar refractivity (Wildman–Crippen MR) is 68.7 cm³/mol. The maximum absolute atomic E-state index is 5.63. The fourth-order valence-corrected chi connectivity index (χ4v) is 1.71. The number of benzene rings is 1. The maximum atomic E-state index is 5.63. The monoisotopic (exact) mass is 247 g/mol. The van der Waals surface area contributed by atoms with Crippen LogP contribution in [0.1, 0.15) is 17.1 Å². The number of hydrogen-bond acceptors (Lipinski definition) is 4. The first kappa shape index (κ1) is 12.5. The lowest BCUT2D eigenvalue weighted by Gasteiger charge is -2.05. The number of aryl methyl sites for hydroxylation is 1. The summed E-state index contributed by atoms with van der Waals surface area (Å²) in [7, 11) is 1.63. The number of furan rings is 1. The molecule has 4 heteroatoms. The van der Waals surface area contributed by atoms with Crippen LogP contribution in [0.15, 0.2) is 34.7 Å². The normalized spacial score (nSPS) is 10.4. The number of methoxy groups -OCH3 is 1. The Labute approximate surface area is 106 Å². The van der Waals surface area contributed by atoms with Crippen molar-refractivity contribution in [2.45, 2.75) is 20.1 Å². The van der Waals surface area contributed by atoms with Crippen LogP contribution in [0, 0.1) is 6.92 Å². The average molecular weight is 247 g/mol. The van der Waals surface area contributed by atoms with Crippen molar-refractivity contribution in [3.63, 3.8) is 0 Å². The van der Waals surface area contributed by atoms with Gasteiger partial charge in [-0.2, -0.15) is 0 Å². The molecule has 2 rings (SSSR count). The average Bonchev–Trinajstić information content (AvgIpc) is 2.77. The smallest absolute Gasteiger partial charge is 0.146 e. The van der Waals surface area contributed by atoms with Crippen LogP contribution < -0.4 is 15.2 Å². The first-order valence-corrected chi connectivity index (χ1v) is 5.78. The Morgan fingerprint density at radius 3 is 2.67 bits per heavy atom. The second-order valence-electron chi connectivity index (χ2n) is 3.99. The molecule has 0 atom stereocenters. The van der Waals surface area contributed by atoms with Crippen LogP contribution in [0.5, 0.6) is 11.5 Å². The molecule has 0 saturated carbocycles. The molecule has 0 bridgehead atoms. The highest BCUT2D eigenvalue weighted by Crippen LogP contribution is 2.21. The first-order chi connectivity index (χ1) is 8.72. The van der Waals surface area contributed by atoms with Gasteiger partial charge in [0.15, 0.2) is 0 Å². The van der Waals surface area contributed by atoms with Crippen molar-refractivity contribution >= 4 is 0 Å². The molecule has 1 aromatic heterocycles. The van der Waals surface area contributed by atoms with Gasteiger partial charge in [-0.25, -0.2) is 0 Å². The van der Waals surface area contributed by atoms with E-state index in [-0.39, 0.29) is 0 Å². The summed E-state index contributed by atoms with van der Waals surface area (Å²) in [6.07, 6.45) is 0. The minimum absolute atomic E-state index is 0.383. The molecule has 0 unspecified atom stereocenters. The van der Waals surface area contributed by atoms with E-state index in [1.54, 1.807) is 7.11 Å². The third-order valence-electron chi connectivity index (χ3n) is 2.68. The van der Waals surface area contributed by atoms with Crippen LogP contribution in [-0.4, -0.2) is 7.11 Å². The van der Waals surface area contributed by atoms with Gasteiger partial charge in [0.2, 0.25) is 0 Å². The molecule has 0 fully saturated rings. The van der Waals surface area contributed by atoms with Crippen molar-refractivity contribution in [3.8, 4) is 11.5 Å². The summed E-state index contributed by atoms with van der Waals surface area (Å²) < 4.78 is 16.3. The summed E-state index contributed by atoms with van der Waals surface area (Å²) in [6, 6.07) is 9.41. The highest BCUT2D eigenvalue weighted by Gasteiger charge is 2.06. The summed E-state index contributed by atoms with van der Waals surface area (Å²) in [5, 5.41) is 0. The van der Waals surface area contributed by atoms with Crippen molar-refractivity contribution in [2.75, 3.05) is 7.11 Å². The summed E-state index contributed by atoms with van der Waals surface area (Å²) in [5.41, 5.74) is 6.62. The highest BCUT2D eigenvalue weighted by atomic mass is 16.5. The van der Waals surface area contributed by atoms with E-state index in [1.807, 2.05) is 37.3 Å². The molecular weight excluding hydrogens is 230 g/mol. The standard InChI is InChI=1S/C14H17NO3/c1-10-6-13(18-14(10)8-15)9-17-12-5-3-4-11(7-12)16-2/h3-7H,8-9,15H2,1-2H3. The van der Waals surface area contributed by atoms with Crippen LogP contribution in [0.4, 0.5) is 0 Å². The van der Waals surface area contributed by atoms with Crippen LogP contribution in [0.3, 0.4) is 0 Å². The van der Waals surface area contributed by atoms with Crippen molar-refractivity contribution in [1.82, 2.24) is 0 Å². The van der Waals surface area contributed by atoms with Gasteiger partial charge in [-0.05, 0) is 30.7 Å². The Morgan fingerprint density at radius 1 is 1.22 bits per heavy atom. The molecule has 1 aromatic carbocycles. The molecule has 0 saturated heterocycles. The first-order valence-electron chi connectivity index (χ1n) is 5.78. The molecule has 1 heterocycles. The lowest BCUT2D eigenvalue weighted by atomic mass is 10.2. The SMILES string of the molecule is COc1cccc(OCc2cc(C)c(CN)o2)c1. The van der Waals surface area contributed by atoms with Crippen LogP contribution >= 0.6 is 0 Å². The minimum Gasteiger partial charge on any atom is -0.497 e. The fourth-order valence-electron chi connectivity index (χ4n) is 1.71. The van der Waals surface area contributed by atoms with Gasteiger partial charge in [-0.1, -0.05) is 6.07 Å². The van der Waals surface area contributed by atoms with E-state index in [0.717, 1.165) is 28.6 Å². The zero-order valence-corrected chi connectivity index (χ0v) is 10.6. The molecule has 2 N–H and O–H groups in total. The number of rotatable bonds is 5. The lowest BCUT2D eigenvalue weighted by Crippen LogP contribution is -1.96. The fraction of sp³-hybridized carbons (Fsp3) is 0.286. The van der Waals surface area contributed by atoms with Crippen molar-refractivity contribution in [1.29, 1.82) is 0 Å². The molecule has 96 valence electrons. The summed E-state index contributed by atoms with van der Waals surface area (Å²) in [4.78, 5) is 0. The molecule has 4 nitrogen and oxygen atoms in total. The summed E-state index contributed by atoms with van der Waals surface area (Å²) in [6.45, 7) is 2.76. The molecule has 18 heavy (non-hydrogen) atoms. The highest BCUT2D eigenvalue weighted by molar-refractivity contribution is 5.33. The number of hydrogen-bond donors (Lipinski definition) is 1. The van der Waals surface area contributed by atoms with Crippen molar-refractivity contribution < 1.29 is 13.9 Å². The lowest BCUT2D eigenvalue weighted by molar-refractivity contribution is 0.265. The summed E-state index contributed by atoms with van der Waals surface area (Å²) >= 11 is 0. The molecule has 0 amide bonds. The zero-order chi connectivity index (χ0) is 13.0. The van der Waals surface area contributed by atoms with Gasteiger partial charge in [0.1, 0.15) is 29.6 Å². The van der Waals surface area contributed by atoms with Crippen molar-refractivity contribution in [3.05, 3.63) is 47.4 Å². The van der Waals surface area contributed by atoms with E-state index in [1.165, 1.54) is 0 Å². The van der Waals surface area contributed by atoms with Gasteiger partial charge in [-0.15, -0.1) is 0 Å².